The Labute approximate surface area is 104 Å². The number of alkyl halides is 3. The Kier molecular flexibility index (Phi) is 4.33. The van der Waals surface area contributed by atoms with E-state index in [0.717, 1.165) is 18.6 Å². The molecule has 0 spiro atoms. The average Bonchev–Trinajstić information content (AvgIpc) is 2.29. The smallest absolute Gasteiger partial charge is 0.193 e. The summed E-state index contributed by atoms with van der Waals surface area (Å²) in [7, 11) is 0. The van der Waals surface area contributed by atoms with E-state index in [4.69, 9.17) is 5.26 Å². The molecule has 0 saturated carbocycles. The molecule has 1 aromatic rings. The normalized spacial score (nSPS) is 13.3. The van der Waals surface area contributed by atoms with Gasteiger partial charge in [0.05, 0.1) is 11.6 Å². The molecule has 0 N–H and O–H groups in total. The Morgan fingerprint density at radius 1 is 1.22 bits per heavy atom. The summed E-state index contributed by atoms with van der Waals surface area (Å²) >= 11 is 0. The van der Waals surface area contributed by atoms with E-state index in [9.17, 15) is 13.2 Å². The first-order chi connectivity index (χ1) is 8.34. The fourth-order valence-corrected chi connectivity index (χ4v) is 1.35. The number of rotatable bonds is 2. The van der Waals surface area contributed by atoms with Crippen LogP contribution in [0.25, 0.3) is 6.08 Å². The summed E-state index contributed by atoms with van der Waals surface area (Å²) in [5.41, 5.74) is 0.441. The van der Waals surface area contributed by atoms with E-state index >= 15 is 0 Å². The lowest BCUT2D eigenvalue weighted by Crippen LogP contribution is -2.11. The number of hydrogen-bond acceptors (Lipinski definition) is 1. The fourth-order valence-electron chi connectivity index (χ4n) is 1.35. The van der Waals surface area contributed by atoms with Gasteiger partial charge in [-0.05, 0) is 25.5 Å². The highest BCUT2D eigenvalue weighted by molar-refractivity contribution is 5.55. The number of benzene rings is 1. The molecule has 0 aliphatic heterocycles. The highest BCUT2D eigenvalue weighted by atomic mass is 19.4. The molecule has 4 heteroatoms. The zero-order chi connectivity index (χ0) is 13.8. The van der Waals surface area contributed by atoms with Crippen molar-refractivity contribution in [2.45, 2.75) is 20.0 Å². The summed E-state index contributed by atoms with van der Waals surface area (Å²) in [5, 5.41) is 8.56. The van der Waals surface area contributed by atoms with Crippen LogP contribution in [0.1, 0.15) is 18.1 Å². The van der Waals surface area contributed by atoms with Crippen molar-refractivity contribution in [2.24, 2.45) is 0 Å². The summed E-state index contributed by atoms with van der Waals surface area (Å²) in [6, 6.07) is 8.60. The fraction of sp³-hybridized carbons (Fsp3) is 0.214. The number of halogens is 3. The van der Waals surface area contributed by atoms with Gasteiger partial charge in [0.25, 0.3) is 0 Å². The van der Waals surface area contributed by atoms with Gasteiger partial charge in [-0.15, -0.1) is 0 Å². The number of nitriles is 1. The van der Waals surface area contributed by atoms with Crippen LogP contribution < -0.4 is 0 Å². The van der Waals surface area contributed by atoms with Crippen LogP contribution in [-0.2, 0) is 0 Å². The second-order valence-electron chi connectivity index (χ2n) is 3.89. The Morgan fingerprint density at radius 3 is 2.22 bits per heavy atom. The minimum Gasteiger partial charge on any atom is -0.193 e. The van der Waals surface area contributed by atoms with E-state index in [-0.39, 0.29) is 5.57 Å². The minimum absolute atomic E-state index is 0.342. The topological polar surface area (TPSA) is 23.8 Å². The molecule has 0 bridgehead atoms. The van der Waals surface area contributed by atoms with E-state index < -0.39 is 11.7 Å². The standard InChI is InChI=1S/C14H12F3N/c1-10-3-5-12(6-4-10)7-8-13(11(2)9-18)14(15,16)17/h3-8H,1-2H3/b8-7+,13-11-. The van der Waals surface area contributed by atoms with Gasteiger partial charge in [-0.1, -0.05) is 35.9 Å². The quantitative estimate of drug-likeness (QED) is 0.564. The van der Waals surface area contributed by atoms with E-state index in [2.05, 4.69) is 0 Å². The van der Waals surface area contributed by atoms with Crippen molar-refractivity contribution >= 4 is 6.08 Å². The van der Waals surface area contributed by atoms with Crippen molar-refractivity contribution in [2.75, 3.05) is 0 Å². The first-order valence-corrected chi connectivity index (χ1v) is 5.27. The van der Waals surface area contributed by atoms with Crippen molar-refractivity contribution in [3.05, 3.63) is 52.6 Å². The Hall–Kier alpha value is -2.02. The highest BCUT2D eigenvalue weighted by Crippen LogP contribution is 2.29. The van der Waals surface area contributed by atoms with E-state index in [1.165, 1.54) is 12.1 Å². The predicted octanol–water partition coefficient (Wildman–Crippen LogP) is 4.41. The molecule has 0 aliphatic rings. The molecule has 0 aromatic heterocycles. The lowest BCUT2D eigenvalue weighted by molar-refractivity contribution is -0.0886. The zero-order valence-corrected chi connectivity index (χ0v) is 10.0. The maximum absolute atomic E-state index is 12.7. The van der Waals surface area contributed by atoms with Crippen molar-refractivity contribution < 1.29 is 13.2 Å². The van der Waals surface area contributed by atoms with Gasteiger partial charge in [-0.2, -0.15) is 18.4 Å². The molecule has 0 radical (unpaired) electrons. The molecule has 94 valence electrons. The van der Waals surface area contributed by atoms with Gasteiger partial charge < -0.3 is 0 Å². The first-order valence-electron chi connectivity index (χ1n) is 5.27. The molecule has 0 aliphatic carbocycles. The van der Waals surface area contributed by atoms with Crippen molar-refractivity contribution in [3.8, 4) is 6.07 Å². The third kappa shape index (κ3) is 3.77. The van der Waals surface area contributed by atoms with Gasteiger partial charge in [0.1, 0.15) is 0 Å². The van der Waals surface area contributed by atoms with Gasteiger partial charge in [-0.3, -0.25) is 0 Å². The molecular formula is C14H12F3N. The molecular weight excluding hydrogens is 239 g/mol. The minimum atomic E-state index is -4.51. The zero-order valence-electron chi connectivity index (χ0n) is 10.0. The maximum Gasteiger partial charge on any atom is 0.417 e. The summed E-state index contributed by atoms with van der Waals surface area (Å²) in [6.07, 6.45) is -2.23. The van der Waals surface area contributed by atoms with E-state index in [1.807, 2.05) is 19.1 Å². The van der Waals surface area contributed by atoms with Gasteiger partial charge in [-0.25, -0.2) is 0 Å². The van der Waals surface area contributed by atoms with Gasteiger partial charge >= 0.3 is 6.18 Å². The molecule has 0 heterocycles. The largest absolute Gasteiger partial charge is 0.417 e. The van der Waals surface area contributed by atoms with Crippen LogP contribution >= 0.6 is 0 Å². The van der Waals surface area contributed by atoms with Crippen LogP contribution in [0.3, 0.4) is 0 Å². The number of aryl methyl sites for hydroxylation is 1. The van der Waals surface area contributed by atoms with Crippen LogP contribution in [0.5, 0.6) is 0 Å². The van der Waals surface area contributed by atoms with Crippen molar-refractivity contribution in [1.29, 1.82) is 5.26 Å². The number of nitrogens with zero attached hydrogens (tertiary/aromatic N) is 1. The molecule has 1 aromatic carbocycles. The Bertz CT molecular complexity index is 513. The lowest BCUT2D eigenvalue weighted by atomic mass is 10.1. The van der Waals surface area contributed by atoms with Crippen LogP contribution in [0.15, 0.2) is 41.5 Å². The third-order valence-corrected chi connectivity index (χ3v) is 2.40. The Balaban J connectivity index is 3.07. The Morgan fingerprint density at radius 2 is 1.78 bits per heavy atom. The van der Waals surface area contributed by atoms with Gasteiger partial charge in [0.2, 0.25) is 0 Å². The monoisotopic (exact) mass is 251 g/mol. The third-order valence-electron chi connectivity index (χ3n) is 2.40. The summed E-state index contributed by atoms with van der Waals surface area (Å²) < 4.78 is 38.0. The van der Waals surface area contributed by atoms with Gasteiger partial charge in [0.15, 0.2) is 0 Å². The second kappa shape index (κ2) is 5.54. The van der Waals surface area contributed by atoms with Crippen LogP contribution in [0.4, 0.5) is 13.2 Å². The molecule has 0 fully saturated rings. The molecule has 0 atom stereocenters. The van der Waals surface area contributed by atoms with Crippen LogP contribution in [0.2, 0.25) is 0 Å². The molecule has 0 saturated heterocycles. The summed E-state index contributed by atoms with van der Waals surface area (Å²) in [5.74, 6) is 0. The molecule has 0 unspecified atom stereocenters. The van der Waals surface area contributed by atoms with Crippen molar-refractivity contribution in [3.63, 3.8) is 0 Å². The number of allylic oxidation sites excluding steroid dienone is 3. The number of hydrogen-bond donors (Lipinski definition) is 0. The molecule has 1 rings (SSSR count). The van der Waals surface area contributed by atoms with Crippen LogP contribution in [-0.4, -0.2) is 6.18 Å². The molecule has 18 heavy (non-hydrogen) atoms. The maximum atomic E-state index is 12.7. The second-order valence-corrected chi connectivity index (χ2v) is 3.89. The summed E-state index contributed by atoms with van der Waals surface area (Å²) in [4.78, 5) is 0. The van der Waals surface area contributed by atoms with E-state index in [1.54, 1.807) is 12.1 Å². The molecule has 0 amide bonds. The highest BCUT2D eigenvalue weighted by Gasteiger charge is 2.33. The predicted molar refractivity (Wildman–Crippen MR) is 64.6 cm³/mol. The average molecular weight is 251 g/mol. The van der Waals surface area contributed by atoms with Crippen molar-refractivity contribution in [1.82, 2.24) is 0 Å². The first kappa shape index (κ1) is 14.0. The van der Waals surface area contributed by atoms with E-state index in [0.29, 0.717) is 5.56 Å². The van der Waals surface area contributed by atoms with Crippen LogP contribution in [0, 0.1) is 18.3 Å². The van der Waals surface area contributed by atoms with Gasteiger partial charge in [0, 0.05) is 5.57 Å². The lowest BCUT2D eigenvalue weighted by Gasteiger charge is -2.08. The molecule has 1 nitrogen and oxygen atoms in total. The SMILES string of the molecule is C/C(C#N)=C(\C=C\c1ccc(C)cc1)C(F)(F)F. The summed E-state index contributed by atoms with van der Waals surface area (Å²) in [6.45, 7) is 3.05.